The monoisotopic (exact) mass is 397 g/mol. The lowest BCUT2D eigenvalue weighted by Crippen LogP contribution is -2.40. The van der Waals surface area contributed by atoms with Crippen LogP contribution < -0.4 is 15.2 Å². The smallest absolute Gasteiger partial charge is 0.122 e. The number of benzene rings is 1. The Morgan fingerprint density at radius 1 is 1.31 bits per heavy atom. The number of hydrogen-bond acceptors (Lipinski definition) is 4. The number of allylic oxidation sites excluding steroid dienone is 5. The summed E-state index contributed by atoms with van der Waals surface area (Å²) in [4.78, 5) is 0. The first-order chi connectivity index (χ1) is 14.0. The summed E-state index contributed by atoms with van der Waals surface area (Å²) in [6.45, 7) is 7.22. The lowest BCUT2D eigenvalue weighted by molar-refractivity contribution is 0.197. The Morgan fingerprint density at radius 2 is 2.10 bits per heavy atom. The minimum Gasteiger partial charge on any atom is -0.497 e. The summed E-state index contributed by atoms with van der Waals surface area (Å²) in [5.41, 5.74) is 9.77. The molecule has 0 spiro atoms. The number of ether oxygens (including phenoxy) is 2. The summed E-state index contributed by atoms with van der Waals surface area (Å²) in [6.07, 6.45) is 10.4. The van der Waals surface area contributed by atoms with Gasteiger partial charge in [0.15, 0.2) is 0 Å². The lowest BCUT2D eigenvalue weighted by atomic mass is 9.80. The first-order valence-electron chi connectivity index (χ1n) is 10.7. The van der Waals surface area contributed by atoms with Gasteiger partial charge >= 0.3 is 0 Å². The third-order valence-electron chi connectivity index (χ3n) is 6.46. The normalized spacial score (nSPS) is 29.9. The van der Waals surface area contributed by atoms with Crippen LogP contribution in [0.4, 0.5) is 0 Å². The van der Waals surface area contributed by atoms with Crippen molar-refractivity contribution in [3.63, 3.8) is 0 Å². The molecule has 1 aromatic rings. The summed E-state index contributed by atoms with van der Waals surface area (Å²) >= 11 is 0. The second-order valence-corrected chi connectivity index (χ2v) is 8.62. The maximum atomic E-state index is 9.52. The summed E-state index contributed by atoms with van der Waals surface area (Å²) in [6, 6.07) is 7.78. The largest absolute Gasteiger partial charge is 0.497 e. The number of methoxy groups -OCH3 is 1. The molecule has 0 bridgehead atoms. The molecule has 0 unspecified atom stereocenters. The Kier molecular flexibility index (Phi) is 7.20. The van der Waals surface area contributed by atoms with Crippen LogP contribution in [0.2, 0.25) is 0 Å². The lowest BCUT2D eigenvalue weighted by Gasteiger charge is -2.27. The van der Waals surface area contributed by atoms with Crippen molar-refractivity contribution < 1.29 is 14.6 Å². The highest BCUT2D eigenvalue weighted by molar-refractivity contribution is 5.39. The zero-order valence-corrected chi connectivity index (χ0v) is 17.8. The maximum Gasteiger partial charge on any atom is 0.122 e. The summed E-state index contributed by atoms with van der Waals surface area (Å²) in [5.74, 6) is 2.57. The van der Waals surface area contributed by atoms with Crippen LogP contribution in [0.1, 0.15) is 45.4 Å². The van der Waals surface area contributed by atoms with Crippen LogP contribution in [0.25, 0.3) is 0 Å². The summed E-state index contributed by atoms with van der Waals surface area (Å²) in [7, 11) is 1.67. The van der Waals surface area contributed by atoms with E-state index < -0.39 is 5.54 Å². The Balaban J connectivity index is 1.56. The topological polar surface area (TPSA) is 64.7 Å². The second-order valence-electron chi connectivity index (χ2n) is 8.62. The molecule has 2 saturated carbocycles. The van der Waals surface area contributed by atoms with Gasteiger partial charge in [-0.3, -0.25) is 0 Å². The molecular formula is C25H35NO3. The molecule has 4 heteroatoms. The van der Waals surface area contributed by atoms with Gasteiger partial charge in [0.2, 0.25) is 0 Å². The molecule has 29 heavy (non-hydrogen) atoms. The number of aliphatic hydroxyl groups excluding tert-OH is 1. The highest BCUT2D eigenvalue weighted by Crippen LogP contribution is 2.39. The van der Waals surface area contributed by atoms with Crippen molar-refractivity contribution >= 4 is 0 Å². The third kappa shape index (κ3) is 5.52. The maximum absolute atomic E-state index is 9.52. The summed E-state index contributed by atoms with van der Waals surface area (Å²) < 4.78 is 11.3. The van der Waals surface area contributed by atoms with Gasteiger partial charge in [0.05, 0.1) is 20.3 Å². The van der Waals surface area contributed by atoms with Crippen molar-refractivity contribution in [2.75, 3.05) is 20.3 Å². The van der Waals surface area contributed by atoms with E-state index in [1.54, 1.807) is 7.11 Å². The molecule has 1 aromatic carbocycles. The van der Waals surface area contributed by atoms with E-state index in [1.807, 2.05) is 24.3 Å². The van der Waals surface area contributed by atoms with Gasteiger partial charge in [0, 0.05) is 11.6 Å². The fraction of sp³-hybridized carbons (Fsp3) is 0.520. The average molecular weight is 398 g/mol. The minimum absolute atomic E-state index is 0.0580. The van der Waals surface area contributed by atoms with Crippen molar-refractivity contribution in [3.8, 4) is 11.5 Å². The van der Waals surface area contributed by atoms with Gasteiger partial charge in [-0.25, -0.2) is 0 Å². The SMILES string of the molecule is C=C(/C=C1/CC[C@@H](COc2cccc(OC)c2)C/C1=C/C)[C@H]1CC[C@](N)(CO)C1. The molecule has 2 fully saturated rings. The second kappa shape index (κ2) is 9.64. The highest BCUT2D eigenvalue weighted by atomic mass is 16.5. The average Bonchev–Trinajstić information content (AvgIpc) is 3.16. The standard InChI is InChI=1S/C25H35NO3/c1-4-20-13-19(16-29-24-7-5-6-23(14-24)28-3)8-9-21(20)12-18(2)22-10-11-25(26,15-22)17-27/h4-7,12,14,19,22,27H,2,8-11,13,15-17,26H2,1,3H3/b20-4-,21-12-/t19-,22+,25-/m1/s1. The number of hydrogen-bond donors (Lipinski definition) is 2. The van der Waals surface area contributed by atoms with Crippen LogP contribution in [0.5, 0.6) is 11.5 Å². The molecule has 0 radical (unpaired) electrons. The Morgan fingerprint density at radius 3 is 2.79 bits per heavy atom. The fourth-order valence-electron chi connectivity index (χ4n) is 4.54. The van der Waals surface area contributed by atoms with E-state index >= 15 is 0 Å². The zero-order chi connectivity index (χ0) is 20.9. The molecule has 0 saturated heterocycles. The Labute approximate surface area is 175 Å². The van der Waals surface area contributed by atoms with Crippen molar-refractivity contribution in [2.24, 2.45) is 17.6 Å². The van der Waals surface area contributed by atoms with Crippen LogP contribution in [0.3, 0.4) is 0 Å². The van der Waals surface area contributed by atoms with E-state index in [-0.39, 0.29) is 6.61 Å². The van der Waals surface area contributed by atoms with Crippen molar-refractivity contribution in [2.45, 2.75) is 51.0 Å². The quantitative estimate of drug-likeness (QED) is 0.694. The van der Waals surface area contributed by atoms with E-state index in [0.29, 0.717) is 18.4 Å². The molecule has 2 aliphatic rings. The van der Waals surface area contributed by atoms with Crippen molar-refractivity contribution in [3.05, 3.63) is 59.7 Å². The number of nitrogens with two attached hydrogens (primary N) is 1. The van der Waals surface area contributed by atoms with Gasteiger partial charge < -0.3 is 20.3 Å². The zero-order valence-electron chi connectivity index (χ0n) is 17.8. The molecule has 3 N–H and O–H groups in total. The van der Waals surface area contributed by atoms with E-state index in [9.17, 15) is 5.11 Å². The van der Waals surface area contributed by atoms with Gasteiger partial charge in [0.1, 0.15) is 11.5 Å². The molecule has 4 nitrogen and oxygen atoms in total. The molecular weight excluding hydrogens is 362 g/mol. The van der Waals surface area contributed by atoms with Crippen molar-refractivity contribution in [1.29, 1.82) is 0 Å². The van der Waals surface area contributed by atoms with E-state index in [2.05, 4.69) is 25.7 Å². The molecule has 158 valence electrons. The van der Waals surface area contributed by atoms with Crippen molar-refractivity contribution in [1.82, 2.24) is 0 Å². The van der Waals surface area contributed by atoms with E-state index in [0.717, 1.165) is 55.6 Å². The van der Waals surface area contributed by atoms with Gasteiger partial charge in [-0.2, -0.15) is 0 Å². The fourth-order valence-corrected chi connectivity index (χ4v) is 4.54. The predicted octanol–water partition coefficient (Wildman–Crippen LogP) is 4.79. The first-order valence-corrected chi connectivity index (χ1v) is 10.7. The Hall–Kier alpha value is -2.04. The number of aliphatic hydroxyl groups is 1. The first kappa shape index (κ1) is 21.7. The van der Waals surface area contributed by atoms with E-state index in [1.165, 1.54) is 11.1 Å². The van der Waals surface area contributed by atoms with Crippen LogP contribution in [0.15, 0.2) is 59.7 Å². The molecule has 0 heterocycles. The van der Waals surface area contributed by atoms with Crippen LogP contribution >= 0.6 is 0 Å². The molecule has 3 atom stereocenters. The molecule has 3 rings (SSSR count). The van der Waals surface area contributed by atoms with E-state index in [4.69, 9.17) is 15.2 Å². The van der Waals surface area contributed by atoms with Gasteiger partial charge in [0.25, 0.3) is 0 Å². The molecule has 0 amide bonds. The molecule has 2 aliphatic carbocycles. The molecule has 0 aromatic heterocycles. The van der Waals surface area contributed by atoms with Gasteiger partial charge in [-0.1, -0.05) is 30.4 Å². The molecule has 0 aliphatic heterocycles. The number of rotatable bonds is 7. The highest BCUT2D eigenvalue weighted by Gasteiger charge is 2.36. The third-order valence-corrected chi connectivity index (χ3v) is 6.46. The summed E-state index contributed by atoms with van der Waals surface area (Å²) in [5, 5.41) is 9.52. The van der Waals surface area contributed by atoms with Gasteiger partial charge in [-0.15, -0.1) is 0 Å². The minimum atomic E-state index is -0.426. The Bertz CT molecular complexity index is 782. The van der Waals surface area contributed by atoms with Crippen LogP contribution in [-0.2, 0) is 0 Å². The predicted molar refractivity (Wildman–Crippen MR) is 118 cm³/mol. The van der Waals surface area contributed by atoms with Gasteiger partial charge in [-0.05, 0) is 80.6 Å². The van der Waals surface area contributed by atoms with Crippen LogP contribution in [-0.4, -0.2) is 31.0 Å². The van der Waals surface area contributed by atoms with Crippen LogP contribution in [0, 0.1) is 11.8 Å².